The van der Waals surface area contributed by atoms with Crippen LogP contribution < -0.4 is 5.32 Å². The molecule has 1 heterocycles. The van der Waals surface area contributed by atoms with E-state index < -0.39 is 0 Å². The van der Waals surface area contributed by atoms with Gasteiger partial charge in [-0.15, -0.1) is 0 Å². The number of rotatable bonds is 2. The van der Waals surface area contributed by atoms with Crippen molar-refractivity contribution < 1.29 is 4.79 Å². The molecule has 0 spiro atoms. The average Bonchev–Trinajstić information content (AvgIpc) is 2.39. The Bertz CT molecular complexity index is 393. The Balaban J connectivity index is 1.92. The molecule has 0 aromatic heterocycles. The lowest BCUT2D eigenvalue weighted by molar-refractivity contribution is 0.148. The minimum Gasteiger partial charge on any atom is -0.323 e. The van der Waals surface area contributed by atoms with Crippen LogP contribution in [0.2, 0.25) is 0 Å². The number of carbonyl (C=O) groups is 1. The Hall–Kier alpha value is -1.55. The molecular formula is C14H21N3O. The van der Waals surface area contributed by atoms with Crippen molar-refractivity contribution in [2.24, 2.45) is 0 Å². The summed E-state index contributed by atoms with van der Waals surface area (Å²) in [5, 5.41) is 2.92. The van der Waals surface area contributed by atoms with Crippen LogP contribution in [0.1, 0.15) is 12.8 Å². The minimum absolute atomic E-state index is 0.0264. The highest BCUT2D eigenvalue weighted by molar-refractivity contribution is 5.89. The van der Waals surface area contributed by atoms with Gasteiger partial charge in [-0.1, -0.05) is 18.2 Å². The summed E-state index contributed by atoms with van der Waals surface area (Å²) >= 11 is 0. The van der Waals surface area contributed by atoms with Gasteiger partial charge in [-0.3, -0.25) is 0 Å². The highest BCUT2D eigenvalue weighted by atomic mass is 16.2. The highest BCUT2D eigenvalue weighted by Gasteiger charge is 2.24. The van der Waals surface area contributed by atoms with Crippen molar-refractivity contribution in [2.75, 3.05) is 32.5 Å². The van der Waals surface area contributed by atoms with E-state index in [0.717, 1.165) is 31.6 Å². The van der Waals surface area contributed by atoms with Crippen LogP contribution in [0.5, 0.6) is 0 Å². The molecule has 1 atom stereocenters. The highest BCUT2D eigenvalue weighted by Crippen LogP contribution is 2.15. The number of amides is 2. The van der Waals surface area contributed by atoms with Crippen LogP contribution in [0.4, 0.5) is 10.5 Å². The van der Waals surface area contributed by atoms with Crippen molar-refractivity contribution in [2.45, 2.75) is 18.9 Å². The number of urea groups is 1. The lowest BCUT2D eigenvalue weighted by Gasteiger charge is -2.35. The van der Waals surface area contributed by atoms with E-state index in [0.29, 0.717) is 6.04 Å². The molecule has 2 rings (SSSR count). The van der Waals surface area contributed by atoms with E-state index in [1.165, 1.54) is 0 Å². The normalized spacial score (nSPS) is 20.4. The van der Waals surface area contributed by atoms with Gasteiger partial charge < -0.3 is 15.1 Å². The summed E-state index contributed by atoms with van der Waals surface area (Å²) < 4.78 is 0. The number of likely N-dealkylation sites (N-methyl/N-ethyl adjacent to an activating group) is 2. The topological polar surface area (TPSA) is 35.6 Å². The second-order valence-electron chi connectivity index (χ2n) is 4.97. The molecule has 1 N–H and O–H groups in total. The fraction of sp³-hybridized carbons (Fsp3) is 0.500. The minimum atomic E-state index is -0.0264. The Morgan fingerprint density at radius 3 is 2.78 bits per heavy atom. The Kier molecular flexibility index (Phi) is 4.20. The van der Waals surface area contributed by atoms with Crippen LogP contribution in [0.3, 0.4) is 0 Å². The Morgan fingerprint density at radius 1 is 1.39 bits per heavy atom. The van der Waals surface area contributed by atoms with Crippen molar-refractivity contribution in [1.82, 2.24) is 9.80 Å². The molecule has 98 valence electrons. The molecule has 1 aromatic rings. The fourth-order valence-corrected chi connectivity index (χ4v) is 2.35. The first-order chi connectivity index (χ1) is 8.66. The molecule has 1 aliphatic rings. The van der Waals surface area contributed by atoms with Crippen molar-refractivity contribution in [1.29, 1.82) is 0 Å². The Labute approximate surface area is 109 Å². The smallest absolute Gasteiger partial charge is 0.321 e. The molecule has 1 aromatic carbocycles. The molecular weight excluding hydrogens is 226 g/mol. The van der Waals surface area contributed by atoms with Crippen LogP contribution in [0, 0.1) is 0 Å². The number of nitrogens with zero attached hydrogens (tertiary/aromatic N) is 2. The third kappa shape index (κ3) is 3.23. The zero-order valence-corrected chi connectivity index (χ0v) is 11.1. The molecule has 0 bridgehead atoms. The van der Waals surface area contributed by atoms with Crippen LogP contribution in [0.15, 0.2) is 30.3 Å². The van der Waals surface area contributed by atoms with E-state index in [-0.39, 0.29) is 6.03 Å². The number of piperidine rings is 1. The van der Waals surface area contributed by atoms with Crippen molar-refractivity contribution in [3.63, 3.8) is 0 Å². The van der Waals surface area contributed by atoms with Gasteiger partial charge in [0.25, 0.3) is 0 Å². The van der Waals surface area contributed by atoms with Gasteiger partial charge in [0.15, 0.2) is 0 Å². The number of likely N-dealkylation sites (tertiary alicyclic amines) is 1. The molecule has 1 saturated heterocycles. The number of hydrogen-bond donors (Lipinski definition) is 1. The summed E-state index contributed by atoms with van der Waals surface area (Å²) in [4.78, 5) is 16.2. The van der Waals surface area contributed by atoms with E-state index in [9.17, 15) is 4.79 Å². The van der Waals surface area contributed by atoms with Crippen molar-refractivity contribution >= 4 is 11.7 Å². The van der Waals surface area contributed by atoms with Crippen LogP contribution in [-0.4, -0.2) is 49.1 Å². The number of hydrogen-bond acceptors (Lipinski definition) is 2. The first kappa shape index (κ1) is 12.9. The SMILES string of the molecule is CN1CCCC(N(C)C(=O)Nc2ccccc2)C1. The largest absolute Gasteiger partial charge is 0.323 e. The summed E-state index contributed by atoms with van der Waals surface area (Å²) in [6, 6.07) is 9.87. The third-order valence-corrected chi connectivity index (χ3v) is 3.49. The molecule has 1 aliphatic heterocycles. The number of para-hydroxylation sites is 1. The first-order valence-electron chi connectivity index (χ1n) is 6.44. The van der Waals surface area contributed by atoms with E-state index in [1.807, 2.05) is 42.3 Å². The number of benzene rings is 1. The molecule has 2 amide bonds. The van der Waals surface area contributed by atoms with Gasteiger partial charge in [0.05, 0.1) is 0 Å². The summed E-state index contributed by atoms with van der Waals surface area (Å²) in [6.45, 7) is 2.09. The maximum atomic E-state index is 12.1. The summed E-state index contributed by atoms with van der Waals surface area (Å²) in [6.07, 6.45) is 2.24. The fourth-order valence-electron chi connectivity index (χ4n) is 2.35. The van der Waals surface area contributed by atoms with Crippen molar-refractivity contribution in [3.05, 3.63) is 30.3 Å². The predicted molar refractivity (Wildman–Crippen MR) is 73.7 cm³/mol. The number of carbonyl (C=O) groups excluding carboxylic acids is 1. The van der Waals surface area contributed by atoms with Gasteiger partial charge in [0, 0.05) is 25.3 Å². The molecule has 4 nitrogen and oxygen atoms in total. The molecule has 0 aliphatic carbocycles. The number of anilines is 1. The maximum Gasteiger partial charge on any atom is 0.321 e. The van der Waals surface area contributed by atoms with Gasteiger partial charge in [0.1, 0.15) is 0 Å². The lowest BCUT2D eigenvalue weighted by atomic mass is 10.1. The molecule has 18 heavy (non-hydrogen) atoms. The van der Waals surface area contributed by atoms with E-state index in [2.05, 4.69) is 17.3 Å². The molecule has 0 radical (unpaired) electrons. The van der Waals surface area contributed by atoms with Crippen LogP contribution in [0.25, 0.3) is 0 Å². The summed E-state index contributed by atoms with van der Waals surface area (Å²) in [7, 11) is 3.98. The average molecular weight is 247 g/mol. The van der Waals surface area contributed by atoms with Gasteiger partial charge in [0.2, 0.25) is 0 Å². The zero-order valence-electron chi connectivity index (χ0n) is 11.1. The molecule has 0 saturated carbocycles. The quantitative estimate of drug-likeness (QED) is 0.870. The predicted octanol–water partition coefficient (Wildman–Crippen LogP) is 2.24. The van der Waals surface area contributed by atoms with Gasteiger partial charge in [-0.2, -0.15) is 0 Å². The van der Waals surface area contributed by atoms with E-state index in [1.54, 1.807) is 0 Å². The lowest BCUT2D eigenvalue weighted by Crippen LogP contribution is -2.48. The van der Waals surface area contributed by atoms with E-state index >= 15 is 0 Å². The second kappa shape index (κ2) is 5.87. The van der Waals surface area contributed by atoms with E-state index in [4.69, 9.17) is 0 Å². The second-order valence-corrected chi connectivity index (χ2v) is 4.97. The number of nitrogens with one attached hydrogen (secondary N) is 1. The van der Waals surface area contributed by atoms with Crippen molar-refractivity contribution in [3.8, 4) is 0 Å². The molecule has 4 heteroatoms. The van der Waals surface area contributed by atoms with Gasteiger partial charge in [-0.25, -0.2) is 4.79 Å². The zero-order chi connectivity index (χ0) is 13.0. The molecule has 1 unspecified atom stereocenters. The summed E-state index contributed by atoms with van der Waals surface area (Å²) in [5.74, 6) is 0. The van der Waals surface area contributed by atoms with Crippen LogP contribution >= 0.6 is 0 Å². The Morgan fingerprint density at radius 2 is 2.11 bits per heavy atom. The van der Waals surface area contributed by atoms with Gasteiger partial charge >= 0.3 is 6.03 Å². The first-order valence-corrected chi connectivity index (χ1v) is 6.44. The molecule has 1 fully saturated rings. The standard InChI is InChI=1S/C14H21N3O/c1-16-10-6-9-13(11-16)17(2)14(18)15-12-7-4-3-5-8-12/h3-5,7-8,13H,6,9-11H2,1-2H3,(H,15,18). The monoisotopic (exact) mass is 247 g/mol. The maximum absolute atomic E-state index is 12.1. The van der Waals surface area contributed by atoms with Crippen LogP contribution in [-0.2, 0) is 0 Å². The summed E-state index contributed by atoms with van der Waals surface area (Å²) in [5.41, 5.74) is 0.846. The third-order valence-electron chi connectivity index (χ3n) is 3.49. The van der Waals surface area contributed by atoms with Gasteiger partial charge in [-0.05, 0) is 38.6 Å².